The molecule has 0 amide bonds. The SMILES string of the molecule is CCC1(c2ccc(OC)cc2F)CCCN1. The van der Waals surface area contributed by atoms with Crippen molar-refractivity contribution in [2.75, 3.05) is 13.7 Å². The molecule has 0 radical (unpaired) electrons. The van der Waals surface area contributed by atoms with Gasteiger partial charge in [0, 0.05) is 17.2 Å². The normalized spacial score (nSPS) is 24.7. The quantitative estimate of drug-likeness (QED) is 0.850. The molecule has 88 valence electrons. The topological polar surface area (TPSA) is 21.3 Å². The Balaban J connectivity index is 2.38. The van der Waals surface area contributed by atoms with Crippen molar-refractivity contribution in [1.29, 1.82) is 0 Å². The molecule has 0 bridgehead atoms. The number of halogens is 1. The molecule has 2 nitrogen and oxygen atoms in total. The summed E-state index contributed by atoms with van der Waals surface area (Å²) in [5.41, 5.74) is 0.601. The minimum absolute atomic E-state index is 0.170. The van der Waals surface area contributed by atoms with Crippen molar-refractivity contribution < 1.29 is 9.13 Å². The molecule has 3 heteroatoms. The average Bonchev–Trinajstić information content (AvgIpc) is 2.78. The van der Waals surface area contributed by atoms with Gasteiger partial charge in [-0.25, -0.2) is 4.39 Å². The first-order valence-corrected chi connectivity index (χ1v) is 5.81. The molecule has 16 heavy (non-hydrogen) atoms. The van der Waals surface area contributed by atoms with Gasteiger partial charge in [-0.2, -0.15) is 0 Å². The second-order valence-corrected chi connectivity index (χ2v) is 4.31. The van der Waals surface area contributed by atoms with Crippen molar-refractivity contribution >= 4 is 0 Å². The van der Waals surface area contributed by atoms with Crippen LogP contribution < -0.4 is 10.1 Å². The van der Waals surface area contributed by atoms with Crippen molar-refractivity contribution in [2.45, 2.75) is 31.7 Å². The molecule has 1 aromatic rings. The van der Waals surface area contributed by atoms with Gasteiger partial charge in [0.2, 0.25) is 0 Å². The summed E-state index contributed by atoms with van der Waals surface area (Å²) in [6.45, 7) is 3.07. The van der Waals surface area contributed by atoms with Gasteiger partial charge in [0.1, 0.15) is 11.6 Å². The summed E-state index contributed by atoms with van der Waals surface area (Å²) in [4.78, 5) is 0. The van der Waals surface area contributed by atoms with Gasteiger partial charge >= 0.3 is 0 Å². The number of methoxy groups -OCH3 is 1. The third kappa shape index (κ3) is 1.80. The standard InChI is InChI=1S/C13H18FNO/c1-3-13(7-4-8-15-13)11-6-5-10(16-2)9-12(11)14/h5-6,9,15H,3-4,7-8H2,1-2H3. The maximum Gasteiger partial charge on any atom is 0.131 e. The molecule has 1 aromatic carbocycles. The summed E-state index contributed by atoms with van der Waals surface area (Å²) in [6, 6.07) is 5.14. The van der Waals surface area contributed by atoms with Crippen LogP contribution in [0.25, 0.3) is 0 Å². The molecule has 1 aliphatic heterocycles. The summed E-state index contributed by atoms with van der Waals surface area (Å²) in [6.07, 6.45) is 3.03. The Morgan fingerprint density at radius 2 is 2.31 bits per heavy atom. The zero-order valence-corrected chi connectivity index (χ0v) is 9.85. The highest BCUT2D eigenvalue weighted by Gasteiger charge is 2.35. The van der Waals surface area contributed by atoms with E-state index < -0.39 is 0 Å². The smallest absolute Gasteiger partial charge is 0.131 e. The van der Waals surface area contributed by atoms with Crippen molar-refractivity contribution in [1.82, 2.24) is 5.32 Å². The maximum atomic E-state index is 14.0. The first kappa shape index (κ1) is 11.4. The van der Waals surface area contributed by atoms with Crippen molar-refractivity contribution in [3.8, 4) is 5.75 Å². The zero-order chi connectivity index (χ0) is 11.6. The lowest BCUT2D eigenvalue weighted by Crippen LogP contribution is -2.36. The number of benzene rings is 1. The van der Waals surface area contributed by atoms with Gasteiger partial charge in [0.25, 0.3) is 0 Å². The monoisotopic (exact) mass is 223 g/mol. The van der Waals surface area contributed by atoms with E-state index >= 15 is 0 Å². The van der Waals surface area contributed by atoms with E-state index in [1.165, 1.54) is 6.07 Å². The van der Waals surface area contributed by atoms with Crippen LogP contribution in [0, 0.1) is 5.82 Å². The van der Waals surface area contributed by atoms with Gasteiger partial charge in [-0.1, -0.05) is 13.0 Å². The fraction of sp³-hybridized carbons (Fsp3) is 0.538. The van der Waals surface area contributed by atoms with Gasteiger partial charge in [-0.15, -0.1) is 0 Å². The van der Waals surface area contributed by atoms with E-state index in [4.69, 9.17) is 4.74 Å². The van der Waals surface area contributed by atoms with E-state index in [1.54, 1.807) is 7.11 Å². The fourth-order valence-corrected chi connectivity index (χ4v) is 2.54. The Bertz CT molecular complexity index is 372. The van der Waals surface area contributed by atoms with Crippen LogP contribution in [0.2, 0.25) is 0 Å². The largest absolute Gasteiger partial charge is 0.497 e. The lowest BCUT2D eigenvalue weighted by atomic mass is 9.85. The van der Waals surface area contributed by atoms with Gasteiger partial charge in [0.05, 0.1) is 7.11 Å². The summed E-state index contributed by atoms with van der Waals surface area (Å²) >= 11 is 0. The highest BCUT2D eigenvalue weighted by molar-refractivity contribution is 5.34. The fourth-order valence-electron chi connectivity index (χ4n) is 2.54. The highest BCUT2D eigenvalue weighted by atomic mass is 19.1. The molecular formula is C13H18FNO. The number of nitrogens with one attached hydrogen (secondary N) is 1. The Kier molecular flexibility index (Phi) is 3.15. The van der Waals surface area contributed by atoms with E-state index in [0.717, 1.165) is 31.4 Å². The number of hydrogen-bond donors (Lipinski definition) is 1. The average molecular weight is 223 g/mol. The van der Waals surface area contributed by atoms with Crippen molar-refractivity contribution in [3.63, 3.8) is 0 Å². The lowest BCUT2D eigenvalue weighted by Gasteiger charge is -2.29. The van der Waals surface area contributed by atoms with Crippen molar-refractivity contribution in [2.24, 2.45) is 0 Å². The Morgan fingerprint density at radius 3 is 2.81 bits per heavy atom. The van der Waals surface area contributed by atoms with Gasteiger partial charge in [0.15, 0.2) is 0 Å². The third-order valence-corrected chi connectivity index (χ3v) is 3.54. The first-order chi connectivity index (χ1) is 7.72. The molecule has 1 fully saturated rings. The predicted octanol–water partition coefficient (Wildman–Crippen LogP) is 2.82. The minimum Gasteiger partial charge on any atom is -0.497 e. The van der Waals surface area contributed by atoms with Crippen LogP contribution in [-0.4, -0.2) is 13.7 Å². The maximum absolute atomic E-state index is 14.0. The minimum atomic E-state index is -0.171. The molecule has 1 aliphatic rings. The predicted molar refractivity (Wildman–Crippen MR) is 62.2 cm³/mol. The zero-order valence-electron chi connectivity index (χ0n) is 9.85. The van der Waals surface area contributed by atoms with E-state index in [9.17, 15) is 4.39 Å². The molecule has 0 aliphatic carbocycles. The van der Waals surface area contributed by atoms with E-state index in [-0.39, 0.29) is 11.4 Å². The van der Waals surface area contributed by atoms with Crippen molar-refractivity contribution in [3.05, 3.63) is 29.6 Å². The Morgan fingerprint density at radius 1 is 1.50 bits per heavy atom. The van der Waals surface area contributed by atoms with Crippen LogP contribution in [0.3, 0.4) is 0 Å². The van der Waals surface area contributed by atoms with E-state index in [1.807, 2.05) is 12.1 Å². The first-order valence-electron chi connectivity index (χ1n) is 5.81. The van der Waals surface area contributed by atoms with Crippen LogP contribution >= 0.6 is 0 Å². The van der Waals surface area contributed by atoms with Crippen LogP contribution in [0.5, 0.6) is 5.75 Å². The summed E-state index contributed by atoms with van der Waals surface area (Å²) in [5.74, 6) is 0.404. The number of rotatable bonds is 3. The van der Waals surface area contributed by atoms with Gasteiger partial charge in [-0.3, -0.25) is 0 Å². The molecule has 1 N–H and O–H groups in total. The van der Waals surface area contributed by atoms with E-state index in [0.29, 0.717) is 5.75 Å². The molecule has 1 saturated heterocycles. The second-order valence-electron chi connectivity index (χ2n) is 4.31. The molecule has 1 unspecified atom stereocenters. The van der Waals surface area contributed by atoms with E-state index in [2.05, 4.69) is 12.2 Å². The Hall–Kier alpha value is -1.09. The molecule has 2 rings (SSSR count). The molecule has 0 saturated carbocycles. The number of ether oxygens (including phenoxy) is 1. The van der Waals surface area contributed by atoms with Crippen LogP contribution in [0.4, 0.5) is 4.39 Å². The summed E-state index contributed by atoms with van der Waals surface area (Å²) in [5, 5.41) is 3.43. The lowest BCUT2D eigenvalue weighted by molar-refractivity contribution is 0.355. The number of hydrogen-bond acceptors (Lipinski definition) is 2. The highest BCUT2D eigenvalue weighted by Crippen LogP contribution is 2.36. The molecule has 0 aromatic heterocycles. The summed E-state index contributed by atoms with van der Waals surface area (Å²) in [7, 11) is 1.55. The Labute approximate surface area is 95.8 Å². The third-order valence-electron chi connectivity index (χ3n) is 3.54. The second kappa shape index (κ2) is 4.42. The molecule has 1 heterocycles. The molecule has 0 spiro atoms. The van der Waals surface area contributed by atoms with Crippen LogP contribution in [-0.2, 0) is 5.54 Å². The van der Waals surface area contributed by atoms with Crippen LogP contribution in [0.1, 0.15) is 31.7 Å². The van der Waals surface area contributed by atoms with Crippen LogP contribution in [0.15, 0.2) is 18.2 Å². The summed E-state index contributed by atoms with van der Waals surface area (Å²) < 4.78 is 19.0. The molecular weight excluding hydrogens is 205 g/mol. The molecule has 1 atom stereocenters. The van der Waals surface area contributed by atoms with Gasteiger partial charge in [-0.05, 0) is 31.9 Å². The van der Waals surface area contributed by atoms with Gasteiger partial charge < -0.3 is 10.1 Å².